The summed E-state index contributed by atoms with van der Waals surface area (Å²) in [6.45, 7) is 1.21. The summed E-state index contributed by atoms with van der Waals surface area (Å²) in [6.07, 6.45) is 3.43. The van der Waals surface area contributed by atoms with Crippen LogP contribution in [0.25, 0.3) is 0 Å². The third-order valence-electron chi connectivity index (χ3n) is 3.61. The number of hydrogen-bond acceptors (Lipinski definition) is 5. The van der Waals surface area contributed by atoms with E-state index in [1.165, 1.54) is 0 Å². The van der Waals surface area contributed by atoms with E-state index < -0.39 is 0 Å². The number of amides is 2. The third kappa shape index (κ3) is 2.67. The molecular formula is C14H17N5O3. The lowest BCUT2D eigenvalue weighted by atomic mass is 10.1. The van der Waals surface area contributed by atoms with Gasteiger partial charge >= 0.3 is 6.03 Å². The van der Waals surface area contributed by atoms with Crippen LogP contribution in [0, 0.1) is 0 Å². The zero-order chi connectivity index (χ0) is 15.5. The summed E-state index contributed by atoms with van der Waals surface area (Å²) in [4.78, 5) is 13.9. The summed E-state index contributed by atoms with van der Waals surface area (Å²) in [5.74, 6) is 1.23. The number of hydrogen-bond donors (Lipinski definition) is 1. The maximum Gasteiger partial charge on any atom is 0.322 e. The molecule has 1 fully saturated rings. The van der Waals surface area contributed by atoms with E-state index in [1.807, 2.05) is 0 Å². The molecule has 8 heteroatoms. The van der Waals surface area contributed by atoms with Crippen LogP contribution in [0.3, 0.4) is 0 Å². The van der Waals surface area contributed by atoms with Crippen LogP contribution in [0.5, 0.6) is 11.5 Å². The monoisotopic (exact) mass is 303 g/mol. The number of carbonyl (C=O) groups is 1. The lowest BCUT2D eigenvalue weighted by molar-refractivity contribution is 0.127. The minimum absolute atomic E-state index is 0.167. The van der Waals surface area contributed by atoms with Gasteiger partial charge in [-0.25, -0.2) is 9.48 Å². The molecule has 1 aromatic carbocycles. The number of carbonyl (C=O) groups excluding carboxylic acids is 1. The first-order valence-corrected chi connectivity index (χ1v) is 6.85. The van der Waals surface area contributed by atoms with Crippen molar-refractivity contribution < 1.29 is 14.3 Å². The van der Waals surface area contributed by atoms with Gasteiger partial charge < -0.3 is 19.7 Å². The highest BCUT2D eigenvalue weighted by Gasteiger charge is 2.32. The molecule has 116 valence electrons. The minimum atomic E-state index is -0.167. The number of aromatic nitrogens is 3. The molecule has 0 unspecified atom stereocenters. The van der Waals surface area contributed by atoms with E-state index in [0.29, 0.717) is 30.3 Å². The number of likely N-dealkylation sites (tertiary alicyclic amines) is 1. The van der Waals surface area contributed by atoms with Gasteiger partial charge in [0.25, 0.3) is 0 Å². The van der Waals surface area contributed by atoms with Gasteiger partial charge in [-0.3, -0.25) is 0 Å². The van der Waals surface area contributed by atoms with Gasteiger partial charge in [0.1, 0.15) is 11.5 Å². The number of benzene rings is 1. The predicted octanol–water partition coefficient (Wildman–Crippen LogP) is 1.38. The number of urea groups is 1. The fraction of sp³-hybridized carbons (Fsp3) is 0.357. The molecule has 0 saturated carbocycles. The van der Waals surface area contributed by atoms with Crippen molar-refractivity contribution in [2.75, 3.05) is 32.6 Å². The topological polar surface area (TPSA) is 81.5 Å². The van der Waals surface area contributed by atoms with Crippen LogP contribution < -0.4 is 14.8 Å². The Morgan fingerprint density at radius 1 is 1.32 bits per heavy atom. The quantitative estimate of drug-likeness (QED) is 0.923. The zero-order valence-electron chi connectivity index (χ0n) is 12.4. The highest BCUT2D eigenvalue weighted by atomic mass is 16.5. The third-order valence-corrected chi connectivity index (χ3v) is 3.61. The normalized spacial score (nSPS) is 14.4. The molecule has 0 aliphatic carbocycles. The first kappa shape index (κ1) is 14.2. The second-order valence-electron chi connectivity index (χ2n) is 4.94. The van der Waals surface area contributed by atoms with Gasteiger partial charge in [0.05, 0.1) is 32.1 Å². The van der Waals surface area contributed by atoms with Gasteiger partial charge in [-0.2, -0.15) is 0 Å². The van der Waals surface area contributed by atoms with Gasteiger partial charge in [0.15, 0.2) is 0 Å². The Morgan fingerprint density at radius 3 is 2.77 bits per heavy atom. The Hall–Kier alpha value is -2.77. The van der Waals surface area contributed by atoms with Crippen molar-refractivity contribution >= 4 is 11.7 Å². The van der Waals surface area contributed by atoms with Gasteiger partial charge in [-0.15, -0.1) is 5.10 Å². The summed E-state index contributed by atoms with van der Waals surface area (Å²) in [5.41, 5.74) is 0.609. The van der Waals surface area contributed by atoms with Crippen LogP contribution in [0.15, 0.2) is 30.6 Å². The molecule has 0 bridgehead atoms. The fourth-order valence-corrected chi connectivity index (χ4v) is 2.30. The Bertz CT molecular complexity index is 653. The number of methoxy groups -OCH3 is 2. The fourth-order valence-electron chi connectivity index (χ4n) is 2.30. The van der Waals surface area contributed by atoms with Crippen LogP contribution in [-0.4, -0.2) is 53.2 Å². The van der Waals surface area contributed by atoms with Crippen molar-refractivity contribution in [2.24, 2.45) is 0 Å². The Kier molecular flexibility index (Phi) is 3.82. The Balaban J connectivity index is 1.61. The highest BCUT2D eigenvalue weighted by Crippen LogP contribution is 2.30. The van der Waals surface area contributed by atoms with E-state index in [0.717, 1.165) is 0 Å². The van der Waals surface area contributed by atoms with Gasteiger partial charge in [0.2, 0.25) is 0 Å². The maximum atomic E-state index is 12.2. The van der Waals surface area contributed by atoms with Gasteiger partial charge in [-0.1, -0.05) is 5.21 Å². The van der Waals surface area contributed by atoms with Crippen LogP contribution in [0.2, 0.25) is 0 Å². The predicted molar refractivity (Wildman–Crippen MR) is 79.2 cm³/mol. The van der Waals surface area contributed by atoms with Crippen molar-refractivity contribution in [3.8, 4) is 11.5 Å². The minimum Gasteiger partial charge on any atom is -0.497 e. The molecule has 1 aliphatic heterocycles. The lowest BCUT2D eigenvalue weighted by Crippen LogP contribution is -2.52. The van der Waals surface area contributed by atoms with Crippen molar-refractivity contribution in [3.63, 3.8) is 0 Å². The summed E-state index contributed by atoms with van der Waals surface area (Å²) in [6, 6.07) is 5.27. The molecule has 1 aromatic heterocycles. The molecule has 0 spiro atoms. The maximum absolute atomic E-state index is 12.2. The Morgan fingerprint density at radius 2 is 2.14 bits per heavy atom. The molecule has 2 amide bonds. The molecule has 0 radical (unpaired) electrons. The van der Waals surface area contributed by atoms with Crippen LogP contribution in [-0.2, 0) is 0 Å². The first-order chi connectivity index (χ1) is 10.7. The highest BCUT2D eigenvalue weighted by molar-refractivity contribution is 5.91. The zero-order valence-corrected chi connectivity index (χ0v) is 12.4. The molecule has 0 atom stereocenters. The molecule has 2 aromatic rings. The number of ether oxygens (including phenoxy) is 2. The van der Waals surface area contributed by atoms with Gasteiger partial charge in [-0.05, 0) is 12.1 Å². The van der Waals surface area contributed by atoms with E-state index in [2.05, 4.69) is 15.6 Å². The molecule has 2 heterocycles. The molecule has 8 nitrogen and oxygen atoms in total. The molecular weight excluding hydrogens is 286 g/mol. The number of anilines is 1. The number of nitrogens with zero attached hydrogens (tertiary/aromatic N) is 4. The van der Waals surface area contributed by atoms with Gasteiger partial charge in [0, 0.05) is 25.4 Å². The average Bonchev–Trinajstić information content (AvgIpc) is 3.00. The largest absolute Gasteiger partial charge is 0.497 e. The smallest absolute Gasteiger partial charge is 0.322 e. The van der Waals surface area contributed by atoms with E-state index >= 15 is 0 Å². The first-order valence-electron chi connectivity index (χ1n) is 6.85. The van der Waals surface area contributed by atoms with E-state index in [1.54, 1.807) is 54.4 Å². The van der Waals surface area contributed by atoms with Crippen molar-refractivity contribution in [3.05, 3.63) is 30.6 Å². The van der Waals surface area contributed by atoms with E-state index in [4.69, 9.17) is 9.47 Å². The summed E-state index contributed by atoms with van der Waals surface area (Å²) >= 11 is 0. The number of nitrogens with one attached hydrogen (secondary N) is 1. The average molecular weight is 303 g/mol. The summed E-state index contributed by atoms with van der Waals surface area (Å²) in [7, 11) is 3.13. The number of rotatable bonds is 4. The molecule has 1 aliphatic rings. The van der Waals surface area contributed by atoms with Crippen molar-refractivity contribution in [2.45, 2.75) is 6.04 Å². The standard InChI is InChI=1S/C14H17N5O3/c1-21-11-3-4-12(13(7-11)22-2)16-14(20)18-8-10(9-18)19-6-5-15-17-19/h3-7,10H,8-9H2,1-2H3,(H,16,20). The Labute approximate surface area is 127 Å². The molecule has 3 rings (SSSR count). The SMILES string of the molecule is COc1ccc(NC(=O)N2CC(n3ccnn3)C2)c(OC)c1. The summed E-state index contributed by atoms with van der Waals surface area (Å²) < 4.78 is 12.2. The molecule has 1 saturated heterocycles. The summed E-state index contributed by atoms with van der Waals surface area (Å²) in [5, 5.41) is 10.5. The lowest BCUT2D eigenvalue weighted by Gasteiger charge is -2.38. The van der Waals surface area contributed by atoms with Crippen LogP contribution in [0.1, 0.15) is 6.04 Å². The second kappa shape index (κ2) is 5.92. The molecule has 22 heavy (non-hydrogen) atoms. The van der Waals surface area contributed by atoms with Crippen LogP contribution >= 0.6 is 0 Å². The van der Waals surface area contributed by atoms with E-state index in [9.17, 15) is 4.79 Å². The second-order valence-corrected chi connectivity index (χ2v) is 4.94. The van der Waals surface area contributed by atoms with Crippen LogP contribution in [0.4, 0.5) is 10.5 Å². The van der Waals surface area contributed by atoms with E-state index in [-0.39, 0.29) is 12.1 Å². The van der Waals surface area contributed by atoms with Crippen molar-refractivity contribution in [1.82, 2.24) is 19.9 Å². The van der Waals surface area contributed by atoms with Crippen molar-refractivity contribution in [1.29, 1.82) is 0 Å². The molecule has 1 N–H and O–H groups in total.